The van der Waals surface area contributed by atoms with E-state index in [0.717, 1.165) is 18.4 Å². The average molecular weight is 549 g/mol. The van der Waals surface area contributed by atoms with Crippen LogP contribution in [0.25, 0.3) is 0 Å². The number of nitrogens with zero attached hydrogens (tertiary/aromatic N) is 1. The maximum Gasteiger partial charge on any atom is 0.230 e. The first-order valence-corrected chi connectivity index (χ1v) is 13.8. The Kier molecular flexibility index (Phi) is 6.28. The van der Waals surface area contributed by atoms with Crippen LogP contribution in [0, 0.1) is 5.92 Å². The molecule has 34 heavy (non-hydrogen) atoms. The van der Waals surface area contributed by atoms with Crippen LogP contribution < -0.4 is 19.7 Å². The number of fused-ring (bicyclic) bond motifs is 2. The molecule has 3 aliphatic rings. The van der Waals surface area contributed by atoms with Crippen LogP contribution in [0.5, 0.6) is 11.5 Å². The van der Waals surface area contributed by atoms with Crippen LogP contribution in [0.3, 0.4) is 0 Å². The van der Waals surface area contributed by atoms with Crippen molar-refractivity contribution in [3.8, 4) is 11.5 Å². The third kappa shape index (κ3) is 4.79. The Morgan fingerprint density at radius 3 is 2.68 bits per heavy atom. The summed E-state index contributed by atoms with van der Waals surface area (Å²) in [6, 6.07) is 10.7. The Balaban J connectivity index is 1.22. The molecule has 0 radical (unpaired) electrons. The van der Waals surface area contributed by atoms with Crippen molar-refractivity contribution in [2.75, 3.05) is 30.3 Å². The van der Waals surface area contributed by atoms with E-state index in [-0.39, 0.29) is 47.5 Å². The second-order valence-corrected chi connectivity index (χ2v) is 11.8. The number of hydrogen-bond donors (Lipinski definition) is 1. The van der Waals surface area contributed by atoms with E-state index >= 15 is 0 Å². The van der Waals surface area contributed by atoms with E-state index < -0.39 is 9.84 Å². The van der Waals surface area contributed by atoms with E-state index in [2.05, 4.69) is 21.2 Å². The minimum Gasteiger partial charge on any atom is -0.486 e. The maximum atomic E-state index is 13.3. The Hall–Kier alpha value is -2.59. The van der Waals surface area contributed by atoms with Crippen molar-refractivity contribution in [1.29, 1.82) is 0 Å². The minimum atomic E-state index is -3.80. The number of para-hydroxylation sites is 2. The largest absolute Gasteiger partial charge is 0.486 e. The number of rotatable bonds is 7. The molecule has 0 spiro atoms. The van der Waals surface area contributed by atoms with Gasteiger partial charge in [0.2, 0.25) is 11.8 Å². The SMILES string of the molecule is O=C(CCS(=O)(=O)c1cc(Br)cc2c1N(C(=O)C1CC1)CC2)NC[C@@H]1COc2ccccc2O1. The number of ether oxygens (including phenoxy) is 2. The van der Waals surface area contributed by atoms with Crippen LogP contribution in [0.15, 0.2) is 45.8 Å². The maximum absolute atomic E-state index is 13.3. The summed E-state index contributed by atoms with van der Waals surface area (Å²) in [5.41, 5.74) is 1.31. The highest BCUT2D eigenvalue weighted by atomic mass is 79.9. The highest BCUT2D eigenvalue weighted by Gasteiger charge is 2.39. The fourth-order valence-corrected chi connectivity index (χ4v) is 6.47. The zero-order valence-corrected chi connectivity index (χ0v) is 20.9. The smallest absolute Gasteiger partial charge is 0.230 e. The van der Waals surface area contributed by atoms with Crippen molar-refractivity contribution >= 4 is 43.3 Å². The van der Waals surface area contributed by atoms with Gasteiger partial charge in [0, 0.05) is 23.4 Å². The molecule has 0 aromatic heterocycles. The number of carbonyl (C=O) groups is 2. The summed E-state index contributed by atoms with van der Waals surface area (Å²) < 4.78 is 38.6. The molecule has 1 aliphatic carbocycles. The van der Waals surface area contributed by atoms with E-state index in [1.54, 1.807) is 11.0 Å². The number of benzene rings is 2. The zero-order chi connectivity index (χ0) is 23.9. The highest BCUT2D eigenvalue weighted by Crippen LogP contribution is 2.41. The minimum absolute atomic E-state index is 0.00567. The third-order valence-electron chi connectivity index (χ3n) is 6.21. The molecule has 2 aliphatic heterocycles. The predicted octanol–water partition coefficient (Wildman–Crippen LogP) is 2.87. The molecule has 1 saturated carbocycles. The molecule has 1 N–H and O–H groups in total. The monoisotopic (exact) mass is 548 g/mol. The standard InChI is InChI=1S/C24H25BrN2O6S/c25-17-11-16-7-9-27(24(29)15-5-6-15)23(16)21(12-17)34(30,31)10-8-22(28)26-13-18-14-32-19-3-1-2-4-20(19)33-18/h1-4,11-12,15,18H,5-10,13-14H2,(H,26,28)/t18-/m1/s1. The van der Waals surface area contributed by atoms with Gasteiger partial charge in [-0.1, -0.05) is 28.1 Å². The lowest BCUT2D eigenvalue weighted by molar-refractivity contribution is -0.121. The van der Waals surface area contributed by atoms with Gasteiger partial charge in [0.05, 0.1) is 22.9 Å². The van der Waals surface area contributed by atoms with Crippen LogP contribution in [0.2, 0.25) is 0 Å². The fraction of sp³-hybridized carbons (Fsp3) is 0.417. The van der Waals surface area contributed by atoms with Crippen molar-refractivity contribution in [3.63, 3.8) is 0 Å². The Morgan fingerprint density at radius 1 is 1.15 bits per heavy atom. The van der Waals surface area contributed by atoms with Crippen LogP contribution in [-0.2, 0) is 25.8 Å². The van der Waals surface area contributed by atoms with E-state index in [1.807, 2.05) is 24.3 Å². The highest BCUT2D eigenvalue weighted by molar-refractivity contribution is 9.10. The van der Waals surface area contributed by atoms with Gasteiger partial charge in [-0.05, 0) is 49.1 Å². The lowest BCUT2D eigenvalue weighted by atomic mass is 10.2. The molecule has 2 amide bonds. The summed E-state index contributed by atoms with van der Waals surface area (Å²) in [7, 11) is -3.80. The predicted molar refractivity (Wildman–Crippen MR) is 129 cm³/mol. The first-order chi connectivity index (χ1) is 16.3. The first kappa shape index (κ1) is 23.2. The summed E-state index contributed by atoms with van der Waals surface area (Å²) in [5, 5.41) is 2.74. The molecule has 0 saturated heterocycles. The molecule has 5 rings (SSSR count). The molecule has 180 valence electrons. The molecular weight excluding hydrogens is 524 g/mol. The normalized spacial score (nSPS) is 19.0. The number of nitrogens with one attached hydrogen (secondary N) is 1. The number of anilines is 1. The third-order valence-corrected chi connectivity index (χ3v) is 8.39. The molecule has 2 aromatic rings. The molecule has 1 atom stereocenters. The summed E-state index contributed by atoms with van der Waals surface area (Å²) in [6.07, 6.45) is 1.77. The van der Waals surface area contributed by atoms with Crippen molar-refractivity contribution in [2.45, 2.75) is 36.7 Å². The zero-order valence-electron chi connectivity index (χ0n) is 18.5. The van der Waals surface area contributed by atoms with Crippen molar-refractivity contribution < 1.29 is 27.5 Å². The van der Waals surface area contributed by atoms with Gasteiger partial charge in [0.25, 0.3) is 0 Å². The number of sulfone groups is 1. The number of carbonyl (C=O) groups excluding carboxylic acids is 2. The van der Waals surface area contributed by atoms with E-state index in [9.17, 15) is 18.0 Å². The van der Waals surface area contributed by atoms with Gasteiger partial charge in [-0.15, -0.1) is 0 Å². The Labute approximate surface area is 206 Å². The van der Waals surface area contributed by atoms with Gasteiger partial charge >= 0.3 is 0 Å². The molecule has 0 unspecified atom stereocenters. The van der Waals surface area contributed by atoms with E-state index in [1.165, 1.54) is 6.07 Å². The summed E-state index contributed by atoms with van der Waals surface area (Å²) in [5.74, 6) is 0.526. The number of amides is 2. The second-order valence-electron chi connectivity index (χ2n) is 8.80. The molecule has 1 fully saturated rings. The van der Waals surface area contributed by atoms with Crippen LogP contribution in [0.1, 0.15) is 24.8 Å². The van der Waals surface area contributed by atoms with Gasteiger partial charge in [0.1, 0.15) is 12.7 Å². The first-order valence-electron chi connectivity index (χ1n) is 11.3. The molecule has 0 bridgehead atoms. The molecular formula is C24H25BrN2O6S. The van der Waals surface area contributed by atoms with Gasteiger partial charge in [0.15, 0.2) is 21.3 Å². The summed E-state index contributed by atoms with van der Waals surface area (Å²) in [6.45, 7) is 0.991. The summed E-state index contributed by atoms with van der Waals surface area (Å²) >= 11 is 3.39. The van der Waals surface area contributed by atoms with Crippen molar-refractivity contribution in [3.05, 3.63) is 46.4 Å². The van der Waals surface area contributed by atoms with E-state index in [0.29, 0.717) is 41.2 Å². The Bertz CT molecular complexity index is 1240. The fourth-order valence-electron chi connectivity index (χ4n) is 4.29. The van der Waals surface area contributed by atoms with Crippen molar-refractivity contribution in [1.82, 2.24) is 5.32 Å². The molecule has 2 heterocycles. The van der Waals surface area contributed by atoms with Gasteiger partial charge < -0.3 is 19.7 Å². The molecule has 2 aromatic carbocycles. The number of hydrogen-bond acceptors (Lipinski definition) is 6. The van der Waals surface area contributed by atoms with Crippen LogP contribution in [0.4, 0.5) is 5.69 Å². The topological polar surface area (TPSA) is 102 Å². The summed E-state index contributed by atoms with van der Waals surface area (Å²) in [4.78, 5) is 26.9. The lowest BCUT2D eigenvalue weighted by Gasteiger charge is -2.26. The van der Waals surface area contributed by atoms with Gasteiger partial charge in [-0.2, -0.15) is 0 Å². The van der Waals surface area contributed by atoms with Crippen LogP contribution >= 0.6 is 15.9 Å². The lowest BCUT2D eigenvalue weighted by Crippen LogP contribution is -2.41. The molecule has 8 nitrogen and oxygen atoms in total. The van der Waals surface area contributed by atoms with Crippen LogP contribution in [-0.4, -0.2) is 51.8 Å². The van der Waals surface area contributed by atoms with Gasteiger partial charge in [-0.3, -0.25) is 9.59 Å². The Morgan fingerprint density at radius 2 is 1.91 bits per heavy atom. The molecule has 10 heteroatoms. The second kappa shape index (κ2) is 9.22. The van der Waals surface area contributed by atoms with Gasteiger partial charge in [-0.25, -0.2) is 8.42 Å². The average Bonchev–Trinajstić information content (AvgIpc) is 3.60. The van der Waals surface area contributed by atoms with E-state index in [4.69, 9.17) is 9.47 Å². The number of halogens is 1. The quantitative estimate of drug-likeness (QED) is 0.570. The van der Waals surface area contributed by atoms with Crippen molar-refractivity contribution in [2.24, 2.45) is 5.92 Å².